The highest BCUT2D eigenvalue weighted by atomic mass is 35.5. The molecule has 0 aliphatic heterocycles. The van der Waals surface area contributed by atoms with E-state index in [0.717, 1.165) is 13.1 Å². The molecule has 0 fully saturated rings. The van der Waals surface area contributed by atoms with E-state index in [2.05, 4.69) is 9.80 Å². The van der Waals surface area contributed by atoms with Crippen molar-refractivity contribution in [3.05, 3.63) is 0 Å². The highest BCUT2D eigenvalue weighted by molar-refractivity contribution is 6.40. The summed E-state index contributed by atoms with van der Waals surface area (Å²) in [5.74, 6) is -0.993. The SMILES string of the molecule is CN(C)CCN(C)CCC(N)(CCCCB(O)O)C(=O)O.Cl.Cl.Cl. The van der Waals surface area contributed by atoms with Gasteiger partial charge in [-0.25, -0.2) is 0 Å². The smallest absolute Gasteiger partial charge is 0.451 e. The summed E-state index contributed by atoms with van der Waals surface area (Å²) < 4.78 is 0. The van der Waals surface area contributed by atoms with Crippen molar-refractivity contribution in [2.24, 2.45) is 5.73 Å². The number of nitrogens with zero attached hydrogens (tertiary/aromatic N) is 2. The Hall–Kier alpha value is 0.205. The lowest BCUT2D eigenvalue weighted by Gasteiger charge is -2.28. The third-order valence-electron chi connectivity index (χ3n) is 3.63. The van der Waals surface area contributed by atoms with Crippen molar-refractivity contribution in [2.75, 3.05) is 40.8 Å². The van der Waals surface area contributed by atoms with Crippen LogP contribution in [0.3, 0.4) is 0 Å². The van der Waals surface area contributed by atoms with Crippen molar-refractivity contribution in [2.45, 2.75) is 37.5 Å². The number of hydrogen-bond acceptors (Lipinski definition) is 6. The number of hydrogen-bond donors (Lipinski definition) is 4. The molecular formula is C13H33BCl3N3O4. The molecule has 0 heterocycles. The number of carbonyl (C=O) groups is 1. The van der Waals surface area contributed by atoms with Crippen LogP contribution in [0.25, 0.3) is 0 Å². The molecule has 0 aliphatic carbocycles. The Labute approximate surface area is 164 Å². The van der Waals surface area contributed by atoms with Crippen molar-refractivity contribution >= 4 is 50.3 Å². The van der Waals surface area contributed by atoms with Gasteiger partial charge in [0.1, 0.15) is 5.54 Å². The van der Waals surface area contributed by atoms with E-state index in [9.17, 15) is 9.90 Å². The van der Waals surface area contributed by atoms with Gasteiger partial charge in [-0.3, -0.25) is 4.79 Å². The first-order chi connectivity index (χ1) is 9.67. The van der Waals surface area contributed by atoms with Gasteiger partial charge in [-0.2, -0.15) is 0 Å². The maximum absolute atomic E-state index is 11.4. The molecule has 24 heavy (non-hydrogen) atoms. The minimum absolute atomic E-state index is 0. The summed E-state index contributed by atoms with van der Waals surface area (Å²) in [6.07, 6.45) is 2.10. The van der Waals surface area contributed by atoms with Crippen LogP contribution in [0.4, 0.5) is 0 Å². The van der Waals surface area contributed by atoms with Gasteiger partial charge >= 0.3 is 13.1 Å². The Morgan fingerprint density at radius 2 is 1.54 bits per heavy atom. The van der Waals surface area contributed by atoms with Crippen molar-refractivity contribution < 1.29 is 19.9 Å². The van der Waals surface area contributed by atoms with Crippen LogP contribution in [0.15, 0.2) is 0 Å². The van der Waals surface area contributed by atoms with Gasteiger partial charge in [0.15, 0.2) is 0 Å². The Morgan fingerprint density at radius 1 is 1.00 bits per heavy atom. The van der Waals surface area contributed by atoms with Gasteiger partial charge in [0.25, 0.3) is 0 Å². The van der Waals surface area contributed by atoms with Gasteiger partial charge in [-0.15, -0.1) is 37.2 Å². The molecule has 1 atom stereocenters. The number of unbranched alkanes of at least 4 members (excludes halogenated alkanes) is 1. The predicted molar refractivity (Wildman–Crippen MR) is 106 cm³/mol. The minimum atomic E-state index is -1.33. The molecule has 7 nitrogen and oxygen atoms in total. The van der Waals surface area contributed by atoms with Crippen LogP contribution >= 0.6 is 37.2 Å². The Kier molecular flexibility index (Phi) is 22.2. The van der Waals surface area contributed by atoms with Gasteiger partial charge in [-0.05, 0) is 40.3 Å². The van der Waals surface area contributed by atoms with Crippen LogP contribution < -0.4 is 5.73 Å². The zero-order valence-electron chi connectivity index (χ0n) is 14.7. The zero-order valence-corrected chi connectivity index (χ0v) is 17.1. The molecule has 0 radical (unpaired) electrons. The fourth-order valence-corrected chi connectivity index (χ4v) is 1.98. The largest absolute Gasteiger partial charge is 0.480 e. The summed E-state index contributed by atoms with van der Waals surface area (Å²) in [6, 6.07) is 0. The van der Waals surface area contributed by atoms with Gasteiger partial charge < -0.3 is 30.7 Å². The summed E-state index contributed by atoms with van der Waals surface area (Å²) >= 11 is 0. The lowest BCUT2D eigenvalue weighted by molar-refractivity contribution is -0.144. The molecule has 0 aromatic carbocycles. The molecule has 5 N–H and O–H groups in total. The number of aliphatic carboxylic acids is 1. The van der Waals surface area contributed by atoms with Crippen LogP contribution in [-0.4, -0.2) is 84.4 Å². The third kappa shape index (κ3) is 15.7. The van der Waals surface area contributed by atoms with Crippen LogP contribution in [0.1, 0.15) is 25.7 Å². The van der Waals surface area contributed by atoms with Crippen molar-refractivity contribution in [1.82, 2.24) is 9.80 Å². The van der Waals surface area contributed by atoms with E-state index in [1.54, 1.807) is 0 Å². The lowest BCUT2D eigenvalue weighted by atomic mass is 9.81. The molecule has 148 valence electrons. The van der Waals surface area contributed by atoms with Gasteiger partial charge in [0.05, 0.1) is 0 Å². The van der Waals surface area contributed by atoms with Crippen LogP contribution in [0.5, 0.6) is 0 Å². The molecule has 1 unspecified atom stereocenters. The topological polar surface area (TPSA) is 110 Å². The first-order valence-electron chi connectivity index (χ1n) is 7.39. The minimum Gasteiger partial charge on any atom is -0.480 e. The summed E-state index contributed by atoms with van der Waals surface area (Å²) in [5.41, 5.74) is 4.76. The number of carboxylic acid groups (broad SMARTS) is 1. The number of carboxylic acids is 1. The summed E-state index contributed by atoms with van der Waals surface area (Å²) in [6.45, 7) is 2.40. The van der Waals surface area contributed by atoms with E-state index in [1.165, 1.54) is 0 Å². The molecule has 0 aliphatic rings. The molecule has 0 bridgehead atoms. The standard InChI is InChI=1S/C13H30BN3O4.3ClH/c1-16(2)10-11-17(3)9-7-13(15,12(18)19)6-4-5-8-14(20)21;;;/h20-21H,4-11,15H2,1-3H3,(H,18,19);3*1H. The van der Waals surface area contributed by atoms with Crippen LogP contribution in [0, 0.1) is 0 Å². The van der Waals surface area contributed by atoms with Crippen molar-refractivity contribution in [3.63, 3.8) is 0 Å². The van der Waals surface area contributed by atoms with Gasteiger partial charge in [-0.1, -0.05) is 12.8 Å². The van der Waals surface area contributed by atoms with E-state index < -0.39 is 18.6 Å². The van der Waals surface area contributed by atoms with E-state index in [-0.39, 0.29) is 43.5 Å². The molecule has 0 saturated heterocycles. The van der Waals surface area contributed by atoms with E-state index >= 15 is 0 Å². The quantitative estimate of drug-likeness (QED) is 0.274. The number of likely N-dealkylation sites (N-methyl/N-ethyl adjacent to an activating group) is 2. The summed E-state index contributed by atoms with van der Waals surface area (Å²) in [5, 5.41) is 26.9. The van der Waals surface area contributed by atoms with Gasteiger partial charge in [0.2, 0.25) is 0 Å². The average molecular weight is 413 g/mol. The van der Waals surface area contributed by atoms with E-state index in [1.807, 2.05) is 21.1 Å². The van der Waals surface area contributed by atoms with Gasteiger partial charge in [0, 0.05) is 19.6 Å². The number of rotatable bonds is 12. The molecule has 0 aromatic heterocycles. The zero-order chi connectivity index (χ0) is 16.5. The normalized spacial score (nSPS) is 12.7. The predicted octanol–water partition coefficient (Wildman–Crippen LogP) is 0.560. The molecule has 0 aromatic rings. The first-order valence-corrected chi connectivity index (χ1v) is 7.39. The Morgan fingerprint density at radius 3 is 1.96 bits per heavy atom. The monoisotopic (exact) mass is 411 g/mol. The fraction of sp³-hybridized carbons (Fsp3) is 0.923. The Balaban J connectivity index is -0.000000667. The maximum atomic E-state index is 11.4. The van der Waals surface area contributed by atoms with Crippen LogP contribution in [-0.2, 0) is 4.79 Å². The molecule has 0 amide bonds. The molecule has 0 spiro atoms. The second-order valence-electron chi connectivity index (χ2n) is 6.04. The maximum Gasteiger partial charge on any atom is 0.451 e. The molecule has 0 saturated carbocycles. The molecular weight excluding hydrogens is 379 g/mol. The van der Waals surface area contributed by atoms with Crippen molar-refractivity contribution in [3.8, 4) is 0 Å². The average Bonchev–Trinajstić information content (AvgIpc) is 2.38. The number of nitrogens with two attached hydrogens (primary N) is 1. The highest BCUT2D eigenvalue weighted by Crippen LogP contribution is 2.18. The Bertz CT molecular complexity index is 318. The summed E-state index contributed by atoms with van der Waals surface area (Å²) in [4.78, 5) is 15.5. The second-order valence-corrected chi connectivity index (χ2v) is 6.04. The first kappa shape index (κ1) is 31.9. The fourth-order valence-electron chi connectivity index (χ4n) is 1.98. The van der Waals surface area contributed by atoms with E-state index in [0.29, 0.717) is 32.2 Å². The second kappa shape index (κ2) is 16.7. The molecule has 11 heteroatoms. The molecule has 0 rings (SSSR count). The summed E-state index contributed by atoms with van der Waals surface area (Å²) in [7, 11) is 4.61. The third-order valence-corrected chi connectivity index (χ3v) is 3.63. The van der Waals surface area contributed by atoms with E-state index in [4.69, 9.17) is 15.8 Å². The lowest BCUT2D eigenvalue weighted by Crippen LogP contribution is -2.50. The highest BCUT2D eigenvalue weighted by Gasteiger charge is 2.33. The van der Waals surface area contributed by atoms with Crippen molar-refractivity contribution in [1.29, 1.82) is 0 Å². The van der Waals surface area contributed by atoms with Crippen LogP contribution in [0.2, 0.25) is 6.32 Å². The number of halogens is 3.